The monoisotopic (exact) mass is 187 g/mol. The van der Waals surface area contributed by atoms with E-state index in [4.69, 9.17) is 0 Å². The van der Waals surface area contributed by atoms with Crippen LogP contribution < -0.4 is 0 Å². The lowest BCUT2D eigenvalue weighted by atomic mass is 10.2. The molecule has 0 radical (unpaired) electrons. The first kappa shape index (κ1) is 8.63. The van der Waals surface area contributed by atoms with Gasteiger partial charge in [-0.2, -0.15) is 0 Å². The first-order valence-corrected chi connectivity index (χ1v) is 3.51. The molecule has 0 aliphatic carbocycles. The molecule has 0 saturated carbocycles. The van der Waals surface area contributed by atoms with Crippen LogP contribution in [0.25, 0.3) is 0 Å². The Balaban J connectivity index is 4.14. The summed E-state index contributed by atoms with van der Waals surface area (Å²) < 4.78 is 0.886. The molecule has 0 saturated heterocycles. The normalized spacial score (nSPS) is 11.1. The summed E-state index contributed by atoms with van der Waals surface area (Å²) >= 11 is 3.25. The molecule has 0 amide bonds. The Morgan fingerprint density at radius 1 is 1.78 bits per heavy atom. The minimum absolute atomic E-state index is 0.886. The molecule has 0 atom stereocenters. The first-order chi connectivity index (χ1) is 4.22. The van der Waals surface area contributed by atoms with Gasteiger partial charge in [-0.25, -0.2) is 0 Å². The fourth-order valence-electron chi connectivity index (χ4n) is 0.463. The molecule has 0 heterocycles. The zero-order chi connectivity index (χ0) is 7.28. The van der Waals surface area contributed by atoms with Crippen molar-refractivity contribution in [2.45, 2.75) is 13.3 Å². The van der Waals surface area contributed by atoms with Gasteiger partial charge in [0.05, 0.1) is 0 Å². The van der Waals surface area contributed by atoms with Crippen molar-refractivity contribution in [2.24, 2.45) is 4.99 Å². The third-order valence-corrected chi connectivity index (χ3v) is 1.49. The quantitative estimate of drug-likeness (QED) is 0.477. The summed E-state index contributed by atoms with van der Waals surface area (Å²) in [6, 6.07) is 0. The van der Waals surface area contributed by atoms with E-state index >= 15 is 0 Å². The van der Waals surface area contributed by atoms with E-state index in [0.29, 0.717) is 0 Å². The second-order valence-electron chi connectivity index (χ2n) is 1.60. The Hall–Kier alpha value is -0.370. The van der Waals surface area contributed by atoms with Crippen LogP contribution in [-0.2, 0) is 0 Å². The lowest BCUT2D eigenvalue weighted by Crippen LogP contribution is -1.75. The number of hydrogen-bond acceptors (Lipinski definition) is 1. The smallest absolute Gasteiger partial charge is 0.0303 e. The van der Waals surface area contributed by atoms with Crippen LogP contribution in [0.3, 0.4) is 0 Å². The molecular formula is C7H10BrN. The van der Waals surface area contributed by atoms with Crippen molar-refractivity contribution in [2.75, 3.05) is 0 Å². The first-order valence-electron chi connectivity index (χ1n) is 2.72. The molecule has 0 bridgehead atoms. The number of nitrogens with zero attached hydrogens (tertiary/aromatic N) is 1. The lowest BCUT2D eigenvalue weighted by Gasteiger charge is -1.96. The fraction of sp³-hybridized carbons (Fsp3) is 0.286. The maximum Gasteiger partial charge on any atom is 0.0303 e. The Morgan fingerprint density at radius 3 is 2.44 bits per heavy atom. The van der Waals surface area contributed by atoms with Crippen molar-refractivity contribution in [3.63, 3.8) is 0 Å². The highest BCUT2D eigenvalue weighted by Crippen LogP contribution is 2.17. The largest absolute Gasteiger partial charge is 0.272 e. The average molecular weight is 188 g/mol. The third-order valence-electron chi connectivity index (χ3n) is 0.976. The molecule has 50 valence electrons. The molecule has 0 aromatic heterocycles. The number of halogens is 1. The van der Waals surface area contributed by atoms with Crippen molar-refractivity contribution >= 4 is 22.6 Å². The molecule has 0 aliphatic heterocycles. The summed E-state index contributed by atoms with van der Waals surface area (Å²) in [6.45, 7) is 9.09. The molecule has 0 unspecified atom stereocenters. The van der Waals surface area contributed by atoms with Crippen LogP contribution in [0.2, 0.25) is 0 Å². The maximum atomic E-state index is 3.71. The molecule has 0 rings (SSSR count). The van der Waals surface area contributed by atoms with Gasteiger partial charge in [-0.15, -0.1) is 0 Å². The van der Waals surface area contributed by atoms with Gasteiger partial charge in [-0.3, -0.25) is 4.99 Å². The fourth-order valence-corrected chi connectivity index (χ4v) is 0.846. The SMILES string of the molecule is C=N/C=C(/CC)C(=C)Br. The van der Waals surface area contributed by atoms with Crippen LogP contribution >= 0.6 is 15.9 Å². The molecule has 0 fully saturated rings. The van der Waals surface area contributed by atoms with Gasteiger partial charge in [-0.1, -0.05) is 29.4 Å². The van der Waals surface area contributed by atoms with E-state index in [0.717, 1.165) is 16.5 Å². The zero-order valence-electron chi connectivity index (χ0n) is 5.52. The van der Waals surface area contributed by atoms with Crippen molar-refractivity contribution in [1.29, 1.82) is 0 Å². The Kier molecular flexibility index (Phi) is 4.32. The van der Waals surface area contributed by atoms with Crippen LogP contribution in [0.5, 0.6) is 0 Å². The molecule has 0 aliphatic rings. The predicted octanol–water partition coefficient (Wildman–Crippen LogP) is 2.89. The van der Waals surface area contributed by atoms with E-state index in [9.17, 15) is 0 Å². The molecule has 0 aromatic carbocycles. The van der Waals surface area contributed by atoms with Crippen molar-refractivity contribution in [3.8, 4) is 0 Å². The summed E-state index contributed by atoms with van der Waals surface area (Å²) in [6.07, 6.45) is 2.64. The summed E-state index contributed by atoms with van der Waals surface area (Å²) in [4.78, 5) is 3.63. The predicted molar refractivity (Wildman–Crippen MR) is 46.0 cm³/mol. The number of aliphatic imine (C=N–C) groups is 1. The minimum atomic E-state index is 0.886. The molecule has 0 spiro atoms. The van der Waals surface area contributed by atoms with E-state index in [1.54, 1.807) is 6.20 Å². The molecule has 1 nitrogen and oxygen atoms in total. The molecular weight excluding hydrogens is 178 g/mol. The van der Waals surface area contributed by atoms with E-state index < -0.39 is 0 Å². The van der Waals surface area contributed by atoms with Gasteiger partial charge in [0.1, 0.15) is 0 Å². The van der Waals surface area contributed by atoms with Gasteiger partial charge in [-0.05, 0) is 18.7 Å². The van der Waals surface area contributed by atoms with Gasteiger partial charge in [0.2, 0.25) is 0 Å². The highest BCUT2D eigenvalue weighted by atomic mass is 79.9. The van der Waals surface area contributed by atoms with Crippen molar-refractivity contribution in [1.82, 2.24) is 0 Å². The number of rotatable bonds is 3. The van der Waals surface area contributed by atoms with E-state index in [1.165, 1.54) is 0 Å². The molecule has 0 aromatic rings. The molecule has 9 heavy (non-hydrogen) atoms. The average Bonchev–Trinajstić information content (AvgIpc) is 1.82. The topological polar surface area (TPSA) is 12.4 Å². The Bertz CT molecular complexity index is 147. The van der Waals surface area contributed by atoms with E-state index in [1.807, 2.05) is 6.92 Å². The van der Waals surface area contributed by atoms with Crippen molar-refractivity contribution in [3.05, 3.63) is 22.8 Å². The summed E-state index contributed by atoms with van der Waals surface area (Å²) in [5.74, 6) is 0. The van der Waals surface area contributed by atoms with Crippen molar-refractivity contribution < 1.29 is 0 Å². The van der Waals surface area contributed by atoms with Crippen LogP contribution in [-0.4, -0.2) is 6.72 Å². The van der Waals surface area contributed by atoms with Gasteiger partial charge in [0.15, 0.2) is 0 Å². The van der Waals surface area contributed by atoms with E-state index in [-0.39, 0.29) is 0 Å². The Labute approximate surface area is 64.3 Å². The Morgan fingerprint density at radius 2 is 2.33 bits per heavy atom. The van der Waals surface area contributed by atoms with E-state index in [2.05, 4.69) is 34.2 Å². The lowest BCUT2D eigenvalue weighted by molar-refractivity contribution is 1.13. The third kappa shape index (κ3) is 3.25. The number of allylic oxidation sites excluding steroid dienone is 2. The van der Waals surface area contributed by atoms with Crippen LogP contribution in [0, 0.1) is 0 Å². The minimum Gasteiger partial charge on any atom is -0.272 e. The molecule has 2 heteroatoms. The van der Waals surface area contributed by atoms with Gasteiger partial charge >= 0.3 is 0 Å². The van der Waals surface area contributed by atoms with Gasteiger partial charge in [0, 0.05) is 10.7 Å². The summed E-state index contributed by atoms with van der Waals surface area (Å²) in [5, 5.41) is 0. The number of hydrogen-bond donors (Lipinski definition) is 0. The summed E-state index contributed by atoms with van der Waals surface area (Å²) in [7, 11) is 0. The van der Waals surface area contributed by atoms with Crippen LogP contribution in [0.4, 0.5) is 0 Å². The standard InChI is InChI=1S/C7H10BrN/c1-4-7(5-9-3)6(2)8/h5H,2-4H2,1H3/b7-5-. The second kappa shape index (κ2) is 4.50. The van der Waals surface area contributed by atoms with Crippen LogP contribution in [0.1, 0.15) is 13.3 Å². The maximum absolute atomic E-state index is 3.71. The second-order valence-corrected chi connectivity index (χ2v) is 2.55. The summed E-state index contributed by atoms with van der Waals surface area (Å²) in [5.41, 5.74) is 1.09. The van der Waals surface area contributed by atoms with Crippen LogP contribution in [0.15, 0.2) is 27.8 Å². The highest BCUT2D eigenvalue weighted by Gasteiger charge is 1.92. The van der Waals surface area contributed by atoms with Gasteiger partial charge < -0.3 is 0 Å². The van der Waals surface area contributed by atoms with Gasteiger partial charge in [0.25, 0.3) is 0 Å². The highest BCUT2D eigenvalue weighted by molar-refractivity contribution is 9.11. The molecule has 0 N–H and O–H groups in total. The zero-order valence-corrected chi connectivity index (χ0v) is 7.11.